The zero-order chi connectivity index (χ0) is 14.0. The third-order valence-electron chi connectivity index (χ3n) is 2.02. The summed E-state index contributed by atoms with van der Waals surface area (Å²) in [7, 11) is -10.8. The van der Waals surface area contributed by atoms with Gasteiger partial charge in [-0.15, -0.1) is 11.8 Å². The molecule has 1 radical (unpaired) electrons. The first-order chi connectivity index (χ1) is 8.08. The SMILES string of the molecule is O=P(O)(O)C(O)(CSc1ccncc1)P(=O)(O)O.[Na]. The van der Waals surface area contributed by atoms with Crippen molar-refractivity contribution < 1.29 is 33.8 Å². The van der Waals surface area contributed by atoms with Gasteiger partial charge >= 0.3 is 15.2 Å². The van der Waals surface area contributed by atoms with Gasteiger partial charge in [-0.25, -0.2) is 0 Å². The largest absolute Gasteiger partial charge is 0.370 e. The molecule has 0 aliphatic rings. The maximum Gasteiger partial charge on any atom is 0.370 e. The van der Waals surface area contributed by atoms with E-state index in [0.29, 0.717) is 16.7 Å². The van der Waals surface area contributed by atoms with E-state index in [9.17, 15) is 14.2 Å². The van der Waals surface area contributed by atoms with Gasteiger partial charge in [0.25, 0.3) is 5.08 Å². The van der Waals surface area contributed by atoms with Crippen LogP contribution in [0, 0.1) is 0 Å². The van der Waals surface area contributed by atoms with Crippen molar-refractivity contribution in [3.63, 3.8) is 0 Å². The Morgan fingerprint density at radius 1 is 1.11 bits per heavy atom. The number of aliphatic hydroxyl groups is 1. The average Bonchev–Trinajstić information content (AvgIpc) is 2.24. The van der Waals surface area contributed by atoms with E-state index in [2.05, 4.69) is 4.98 Å². The Hall–Kier alpha value is 0.760. The van der Waals surface area contributed by atoms with Crippen LogP contribution in [0.25, 0.3) is 0 Å². The Balaban J connectivity index is 0.00000324. The fourth-order valence-electron chi connectivity index (χ4n) is 0.952. The zero-order valence-electron chi connectivity index (χ0n) is 9.82. The van der Waals surface area contributed by atoms with Crippen LogP contribution in [0.15, 0.2) is 29.4 Å². The van der Waals surface area contributed by atoms with Crippen molar-refractivity contribution in [2.45, 2.75) is 9.98 Å². The van der Waals surface area contributed by atoms with Crippen LogP contribution in [-0.4, -0.2) is 70.1 Å². The van der Waals surface area contributed by atoms with Gasteiger partial charge in [-0.1, -0.05) is 0 Å². The molecule has 8 nitrogen and oxygen atoms in total. The Bertz CT molecular complexity index is 481. The number of aromatic nitrogens is 1. The van der Waals surface area contributed by atoms with Gasteiger partial charge in [0.15, 0.2) is 0 Å². The molecule has 0 fully saturated rings. The molecule has 0 saturated heterocycles. The number of thioether (sulfide) groups is 1. The standard InChI is InChI=1S/C7H11NO7P2S.Na/c9-7(16(10,11)12,17(13,14)15)5-18-6-1-3-8-4-2-6;/h1-4,9H,5H2,(H2,10,11,12)(H2,13,14,15);. The van der Waals surface area contributed by atoms with Crippen molar-refractivity contribution in [2.75, 3.05) is 5.75 Å². The summed E-state index contributed by atoms with van der Waals surface area (Å²) in [6, 6.07) is 2.95. The van der Waals surface area contributed by atoms with Gasteiger partial charge in [0.05, 0.1) is 5.75 Å². The average molecular weight is 338 g/mol. The first-order valence-corrected chi connectivity index (χ1v) is 8.65. The van der Waals surface area contributed by atoms with Gasteiger partial charge in [0.1, 0.15) is 0 Å². The van der Waals surface area contributed by atoms with E-state index in [-0.39, 0.29) is 29.6 Å². The van der Waals surface area contributed by atoms with Gasteiger partial charge in [-0.2, -0.15) is 0 Å². The molecule has 103 valence electrons. The first kappa shape index (κ1) is 19.8. The summed E-state index contributed by atoms with van der Waals surface area (Å²) in [6.45, 7) is 0. The fourth-order valence-corrected chi connectivity index (χ4v) is 4.72. The molecule has 1 rings (SSSR count). The second-order valence-electron chi connectivity index (χ2n) is 3.33. The minimum absolute atomic E-state index is 0. The molecule has 0 amide bonds. The Morgan fingerprint density at radius 3 is 1.89 bits per heavy atom. The van der Waals surface area contributed by atoms with Crippen LogP contribution in [0.4, 0.5) is 0 Å². The van der Waals surface area contributed by atoms with Gasteiger partial charge in [-0.05, 0) is 12.1 Å². The Kier molecular flexibility index (Phi) is 7.44. The van der Waals surface area contributed by atoms with Crippen molar-refractivity contribution in [2.24, 2.45) is 0 Å². The quantitative estimate of drug-likeness (QED) is 0.279. The topological polar surface area (TPSA) is 148 Å². The molecule has 0 aliphatic heterocycles. The molecule has 19 heavy (non-hydrogen) atoms. The molecule has 0 unspecified atom stereocenters. The van der Waals surface area contributed by atoms with Crippen molar-refractivity contribution >= 4 is 56.5 Å². The molecular weight excluding hydrogens is 327 g/mol. The van der Waals surface area contributed by atoms with Crippen molar-refractivity contribution in [3.8, 4) is 0 Å². The molecule has 1 aromatic heterocycles. The van der Waals surface area contributed by atoms with Crippen LogP contribution in [-0.2, 0) is 9.13 Å². The smallest absolute Gasteiger partial charge is 0.367 e. The van der Waals surface area contributed by atoms with Crippen LogP contribution >= 0.6 is 27.0 Å². The van der Waals surface area contributed by atoms with E-state index in [1.54, 1.807) is 0 Å². The van der Waals surface area contributed by atoms with Crippen molar-refractivity contribution in [3.05, 3.63) is 24.5 Å². The third kappa shape index (κ3) is 4.91. The molecule has 0 spiro atoms. The molecule has 0 bridgehead atoms. The molecule has 0 atom stereocenters. The number of pyridine rings is 1. The molecule has 1 heterocycles. The van der Waals surface area contributed by atoms with Crippen LogP contribution < -0.4 is 0 Å². The van der Waals surface area contributed by atoms with Crippen LogP contribution in [0.2, 0.25) is 0 Å². The molecule has 12 heteroatoms. The van der Waals surface area contributed by atoms with E-state index in [1.165, 1.54) is 24.5 Å². The third-order valence-corrected chi connectivity index (χ3v) is 7.36. The predicted molar refractivity (Wildman–Crippen MR) is 69.8 cm³/mol. The maximum atomic E-state index is 11.0. The summed E-state index contributed by atoms with van der Waals surface area (Å²) in [5.74, 6) is -0.842. The minimum Gasteiger partial charge on any atom is -0.367 e. The predicted octanol–water partition coefficient (Wildman–Crippen LogP) is -0.206. The number of hydrogen-bond donors (Lipinski definition) is 5. The second kappa shape index (κ2) is 7.15. The molecule has 0 aliphatic carbocycles. The molecular formula is C7H11NNaO7P2S. The Labute approximate surface area is 135 Å². The van der Waals surface area contributed by atoms with Gasteiger partial charge in [-0.3, -0.25) is 14.1 Å². The summed E-state index contributed by atoms with van der Waals surface area (Å²) in [5.41, 5.74) is 0. The van der Waals surface area contributed by atoms with Crippen LogP contribution in [0.1, 0.15) is 0 Å². The zero-order valence-corrected chi connectivity index (χ0v) is 14.4. The summed E-state index contributed by atoms with van der Waals surface area (Å²) in [6.07, 6.45) is 2.80. The summed E-state index contributed by atoms with van der Waals surface area (Å²) in [4.78, 5) is 39.7. The molecule has 0 aromatic carbocycles. The van der Waals surface area contributed by atoms with Crippen LogP contribution in [0.3, 0.4) is 0 Å². The molecule has 5 N–H and O–H groups in total. The molecule has 1 aromatic rings. The maximum absolute atomic E-state index is 11.0. The minimum atomic E-state index is -5.39. The summed E-state index contributed by atoms with van der Waals surface area (Å²) >= 11 is 0.707. The van der Waals surface area contributed by atoms with Crippen LogP contribution in [0.5, 0.6) is 0 Å². The second-order valence-corrected chi connectivity index (χ2v) is 8.39. The summed E-state index contributed by atoms with van der Waals surface area (Å²) in [5, 5.41) is 6.19. The van der Waals surface area contributed by atoms with E-state index < -0.39 is 26.0 Å². The van der Waals surface area contributed by atoms with Crippen molar-refractivity contribution in [1.82, 2.24) is 4.98 Å². The van der Waals surface area contributed by atoms with E-state index in [1.807, 2.05) is 0 Å². The number of hydrogen-bond acceptors (Lipinski definition) is 5. The first-order valence-electron chi connectivity index (χ1n) is 4.44. The van der Waals surface area contributed by atoms with Gasteiger partial charge in [0.2, 0.25) is 0 Å². The van der Waals surface area contributed by atoms with E-state index in [0.717, 1.165) is 0 Å². The van der Waals surface area contributed by atoms with Crippen molar-refractivity contribution in [1.29, 1.82) is 0 Å². The number of nitrogens with zero attached hydrogens (tertiary/aromatic N) is 1. The van der Waals surface area contributed by atoms with Gasteiger partial charge in [0, 0.05) is 46.8 Å². The van der Waals surface area contributed by atoms with E-state index in [4.69, 9.17) is 19.6 Å². The van der Waals surface area contributed by atoms with Gasteiger partial charge < -0.3 is 24.7 Å². The fraction of sp³-hybridized carbons (Fsp3) is 0.286. The van der Waals surface area contributed by atoms with E-state index >= 15 is 0 Å². The molecule has 0 saturated carbocycles. The normalized spacial score (nSPS) is 12.9. The number of rotatable bonds is 5. The monoisotopic (exact) mass is 338 g/mol. The Morgan fingerprint density at radius 2 is 1.53 bits per heavy atom. The summed E-state index contributed by atoms with van der Waals surface area (Å²) < 4.78 is 22.1.